The van der Waals surface area contributed by atoms with Crippen LogP contribution in [0.4, 0.5) is 15.6 Å². The van der Waals surface area contributed by atoms with E-state index in [1.165, 1.54) is 23.1 Å². The predicted molar refractivity (Wildman–Crippen MR) is 94.8 cm³/mol. The lowest BCUT2D eigenvalue weighted by molar-refractivity contribution is -0.117. The first kappa shape index (κ1) is 17.3. The van der Waals surface area contributed by atoms with Crippen LogP contribution >= 0.6 is 23.1 Å². The van der Waals surface area contributed by atoms with Crippen molar-refractivity contribution in [1.82, 2.24) is 15.5 Å². The minimum atomic E-state index is -0.615. The highest BCUT2D eigenvalue weighted by molar-refractivity contribution is 8.01. The van der Waals surface area contributed by atoms with Gasteiger partial charge >= 0.3 is 6.03 Å². The zero-order chi connectivity index (χ0) is 17.6. The second-order valence-electron chi connectivity index (χ2n) is 4.77. The van der Waals surface area contributed by atoms with Crippen LogP contribution in [0.25, 0.3) is 0 Å². The first-order chi connectivity index (χ1) is 12.1. The minimum absolute atomic E-state index is 0.0624. The first-order valence-corrected chi connectivity index (χ1v) is 9.09. The maximum absolute atomic E-state index is 11.9. The number of hydrogen-bond donors (Lipinski definition) is 3. The fraction of sp³-hybridized carbons (Fsp3) is 0.286. The lowest BCUT2D eigenvalue weighted by atomic mass is 10.2. The zero-order valence-corrected chi connectivity index (χ0v) is 14.8. The van der Waals surface area contributed by atoms with E-state index in [0.29, 0.717) is 39.9 Å². The van der Waals surface area contributed by atoms with Crippen LogP contribution < -0.4 is 25.4 Å². The van der Waals surface area contributed by atoms with Crippen molar-refractivity contribution in [3.05, 3.63) is 18.2 Å². The molecule has 0 saturated carbocycles. The minimum Gasteiger partial charge on any atom is -0.486 e. The fourth-order valence-electron chi connectivity index (χ4n) is 1.94. The molecule has 2 heterocycles. The van der Waals surface area contributed by atoms with Crippen LogP contribution in [0.3, 0.4) is 0 Å². The van der Waals surface area contributed by atoms with Crippen molar-refractivity contribution >= 4 is 45.9 Å². The highest BCUT2D eigenvalue weighted by atomic mass is 32.2. The fourth-order valence-corrected chi connectivity index (χ4v) is 3.45. The number of carbonyl (C=O) groups is 2. The van der Waals surface area contributed by atoms with E-state index in [4.69, 9.17) is 9.47 Å². The Bertz CT molecular complexity index is 782. The predicted octanol–water partition coefficient (Wildman–Crippen LogP) is 1.79. The molecular weight excluding hydrogens is 366 g/mol. The van der Waals surface area contributed by atoms with E-state index >= 15 is 0 Å². The number of benzene rings is 1. The Morgan fingerprint density at radius 3 is 2.80 bits per heavy atom. The van der Waals surface area contributed by atoms with E-state index in [9.17, 15) is 9.59 Å². The SMILES string of the molecule is CNc1nnc(SCC(=O)NC(=O)Nc2ccc3c(c2)OCCO3)s1. The van der Waals surface area contributed by atoms with Gasteiger partial charge in [-0.3, -0.25) is 10.1 Å². The van der Waals surface area contributed by atoms with Gasteiger partial charge in [-0.25, -0.2) is 4.79 Å². The summed E-state index contributed by atoms with van der Waals surface area (Å²) in [6.07, 6.45) is 0. The number of nitrogens with zero attached hydrogens (tertiary/aromatic N) is 2. The summed E-state index contributed by atoms with van der Waals surface area (Å²) in [6.45, 7) is 0.954. The van der Waals surface area contributed by atoms with Gasteiger partial charge in [0.1, 0.15) is 13.2 Å². The third-order valence-electron chi connectivity index (χ3n) is 3.00. The molecule has 0 saturated heterocycles. The van der Waals surface area contributed by atoms with Gasteiger partial charge in [-0.2, -0.15) is 0 Å². The molecule has 0 radical (unpaired) electrons. The van der Waals surface area contributed by atoms with Crippen molar-refractivity contribution in [3.8, 4) is 11.5 Å². The van der Waals surface area contributed by atoms with Gasteiger partial charge in [-0.1, -0.05) is 23.1 Å². The molecule has 1 aromatic carbocycles. The maximum Gasteiger partial charge on any atom is 0.325 e. The number of fused-ring (bicyclic) bond motifs is 1. The molecule has 9 nitrogen and oxygen atoms in total. The number of hydrogen-bond acceptors (Lipinski definition) is 9. The van der Waals surface area contributed by atoms with E-state index in [0.717, 1.165) is 0 Å². The van der Waals surface area contributed by atoms with Gasteiger partial charge in [0.15, 0.2) is 15.8 Å². The van der Waals surface area contributed by atoms with Crippen molar-refractivity contribution < 1.29 is 19.1 Å². The molecule has 1 aromatic heterocycles. The Balaban J connectivity index is 1.47. The first-order valence-electron chi connectivity index (χ1n) is 7.28. The summed E-state index contributed by atoms with van der Waals surface area (Å²) < 4.78 is 11.5. The Labute approximate surface area is 151 Å². The Morgan fingerprint density at radius 2 is 2.04 bits per heavy atom. The molecule has 0 fully saturated rings. The standard InChI is InChI=1S/C14H15N5O4S2/c1-15-13-18-19-14(25-13)24-7-11(20)17-12(21)16-8-2-3-9-10(6-8)23-5-4-22-9/h2-3,6H,4-5,7H2,1H3,(H,15,18)(H2,16,17,20,21). The molecule has 11 heteroatoms. The van der Waals surface area contributed by atoms with Gasteiger partial charge in [0, 0.05) is 18.8 Å². The lowest BCUT2D eigenvalue weighted by Crippen LogP contribution is -2.35. The number of carbonyl (C=O) groups excluding carboxylic acids is 2. The maximum atomic E-state index is 11.9. The van der Waals surface area contributed by atoms with Crippen molar-refractivity contribution in [1.29, 1.82) is 0 Å². The number of urea groups is 1. The topological polar surface area (TPSA) is 114 Å². The summed E-state index contributed by atoms with van der Waals surface area (Å²) in [7, 11) is 1.74. The quantitative estimate of drug-likeness (QED) is 0.672. The van der Waals surface area contributed by atoms with Gasteiger partial charge < -0.3 is 20.1 Å². The number of amides is 3. The van der Waals surface area contributed by atoms with Crippen LogP contribution in [0.15, 0.2) is 22.5 Å². The highest BCUT2D eigenvalue weighted by Crippen LogP contribution is 2.32. The van der Waals surface area contributed by atoms with E-state index in [2.05, 4.69) is 26.1 Å². The Kier molecular flexibility index (Phi) is 5.56. The number of imide groups is 1. The molecule has 3 amide bonds. The van der Waals surface area contributed by atoms with Gasteiger partial charge in [-0.15, -0.1) is 10.2 Å². The molecule has 25 heavy (non-hydrogen) atoms. The average molecular weight is 381 g/mol. The molecule has 1 aliphatic heterocycles. The molecular formula is C14H15N5O4S2. The number of ether oxygens (including phenoxy) is 2. The summed E-state index contributed by atoms with van der Waals surface area (Å²) in [6, 6.07) is 4.41. The van der Waals surface area contributed by atoms with Crippen molar-refractivity contribution in [3.63, 3.8) is 0 Å². The largest absolute Gasteiger partial charge is 0.486 e. The molecule has 0 aliphatic carbocycles. The summed E-state index contributed by atoms with van der Waals surface area (Å²) in [4.78, 5) is 23.7. The van der Waals surface area contributed by atoms with Gasteiger partial charge in [0.2, 0.25) is 11.0 Å². The summed E-state index contributed by atoms with van der Waals surface area (Å²) in [5.74, 6) is 0.818. The van der Waals surface area contributed by atoms with E-state index < -0.39 is 11.9 Å². The van der Waals surface area contributed by atoms with Crippen LogP contribution in [0.5, 0.6) is 11.5 Å². The molecule has 132 valence electrons. The molecule has 0 spiro atoms. The third-order valence-corrected chi connectivity index (χ3v) is 5.07. The molecule has 2 aromatic rings. The van der Waals surface area contributed by atoms with Crippen LogP contribution in [0.2, 0.25) is 0 Å². The number of rotatable bonds is 5. The van der Waals surface area contributed by atoms with Crippen molar-refractivity contribution in [2.75, 3.05) is 36.6 Å². The monoisotopic (exact) mass is 381 g/mol. The number of thioether (sulfide) groups is 1. The van der Waals surface area contributed by atoms with Crippen molar-refractivity contribution in [2.24, 2.45) is 0 Å². The van der Waals surface area contributed by atoms with E-state index in [-0.39, 0.29) is 5.75 Å². The number of aromatic nitrogens is 2. The van der Waals surface area contributed by atoms with Crippen LogP contribution in [-0.2, 0) is 4.79 Å². The lowest BCUT2D eigenvalue weighted by Gasteiger charge is -2.19. The summed E-state index contributed by atoms with van der Waals surface area (Å²) in [5, 5.41) is 16.1. The normalized spacial score (nSPS) is 12.4. The smallest absolute Gasteiger partial charge is 0.325 e. The summed E-state index contributed by atoms with van der Waals surface area (Å²) >= 11 is 2.54. The summed E-state index contributed by atoms with van der Waals surface area (Å²) in [5.41, 5.74) is 0.505. The zero-order valence-electron chi connectivity index (χ0n) is 13.2. The second-order valence-corrected chi connectivity index (χ2v) is 6.97. The molecule has 3 N–H and O–H groups in total. The average Bonchev–Trinajstić information content (AvgIpc) is 3.08. The van der Waals surface area contributed by atoms with Crippen LogP contribution in [-0.4, -0.2) is 48.1 Å². The van der Waals surface area contributed by atoms with Gasteiger partial charge in [0.25, 0.3) is 0 Å². The van der Waals surface area contributed by atoms with E-state index in [1.54, 1.807) is 25.2 Å². The molecule has 0 bridgehead atoms. The van der Waals surface area contributed by atoms with Crippen LogP contribution in [0, 0.1) is 0 Å². The van der Waals surface area contributed by atoms with E-state index in [1.807, 2.05) is 0 Å². The molecule has 1 aliphatic rings. The molecule has 0 unspecified atom stereocenters. The van der Waals surface area contributed by atoms with Gasteiger partial charge in [-0.05, 0) is 12.1 Å². The Morgan fingerprint density at radius 1 is 1.24 bits per heavy atom. The number of nitrogens with one attached hydrogen (secondary N) is 3. The van der Waals surface area contributed by atoms with Crippen LogP contribution in [0.1, 0.15) is 0 Å². The van der Waals surface area contributed by atoms with Gasteiger partial charge in [0.05, 0.1) is 5.75 Å². The number of anilines is 2. The third kappa shape index (κ3) is 4.73. The highest BCUT2D eigenvalue weighted by Gasteiger charge is 2.14. The van der Waals surface area contributed by atoms with Crippen molar-refractivity contribution in [2.45, 2.75) is 4.34 Å². The molecule has 0 atom stereocenters. The molecule has 3 rings (SSSR count). The Hall–Kier alpha value is -2.53. The second kappa shape index (κ2) is 8.03.